The summed E-state index contributed by atoms with van der Waals surface area (Å²) in [6.45, 7) is 4.33. The van der Waals surface area contributed by atoms with Crippen molar-refractivity contribution in [3.05, 3.63) is 88.3 Å². The highest BCUT2D eigenvalue weighted by Crippen LogP contribution is 2.44. The van der Waals surface area contributed by atoms with Crippen LogP contribution in [-0.2, 0) is 25.7 Å². The minimum Gasteiger partial charge on any atom is -0.489 e. The zero-order valence-electron chi connectivity index (χ0n) is 16.9. The summed E-state index contributed by atoms with van der Waals surface area (Å²) in [5.41, 5.74) is 3.89. The Morgan fingerprint density at radius 2 is 1.87 bits per heavy atom. The number of carbonyl (C=O) groups excluding carboxylic acids is 2. The van der Waals surface area contributed by atoms with E-state index >= 15 is 0 Å². The number of allylic oxidation sites excluding steroid dienone is 1. The van der Waals surface area contributed by atoms with Gasteiger partial charge < -0.3 is 19.5 Å². The topological polar surface area (TPSA) is 73.9 Å². The molecule has 0 aliphatic carbocycles. The number of carbonyl (C=O) groups is 2. The van der Waals surface area contributed by atoms with Gasteiger partial charge in [-0.25, -0.2) is 9.59 Å². The van der Waals surface area contributed by atoms with Crippen LogP contribution in [0.25, 0.3) is 0 Å². The average molecular weight is 405 g/mol. The minimum absolute atomic E-state index is 0.158. The Hall–Kier alpha value is -3.54. The number of para-hydroxylation sites is 1. The Bertz CT molecular complexity index is 1040. The Kier molecular flexibility index (Phi) is 5.57. The smallest absolute Gasteiger partial charge is 0.337 e. The molecule has 30 heavy (non-hydrogen) atoms. The molecule has 1 unspecified atom stereocenters. The molecular weight excluding hydrogens is 382 g/mol. The molecule has 4 rings (SSSR count). The van der Waals surface area contributed by atoms with Crippen molar-refractivity contribution in [2.75, 3.05) is 13.2 Å². The number of nitrogens with one attached hydrogen (secondary N) is 1. The lowest BCUT2D eigenvalue weighted by Crippen LogP contribution is -2.30. The first-order chi connectivity index (χ1) is 14.6. The van der Waals surface area contributed by atoms with E-state index in [-0.39, 0.29) is 13.2 Å². The highest BCUT2D eigenvalue weighted by molar-refractivity contribution is 6.01. The summed E-state index contributed by atoms with van der Waals surface area (Å²) >= 11 is 0. The highest BCUT2D eigenvalue weighted by atomic mass is 16.5. The van der Waals surface area contributed by atoms with Crippen LogP contribution in [0.1, 0.15) is 30.9 Å². The lowest BCUT2D eigenvalue weighted by molar-refractivity contribution is -0.138. The van der Waals surface area contributed by atoms with Gasteiger partial charge in [0.05, 0.1) is 29.4 Å². The fraction of sp³-hybridized carbons (Fsp3) is 0.250. The van der Waals surface area contributed by atoms with E-state index in [9.17, 15) is 9.59 Å². The van der Waals surface area contributed by atoms with Crippen LogP contribution in [0, 0.1) is 0 Å². The Morgan fingerprint density at radius 1 is 1.13 bits per heavy atom. The second-order valence-corrected chi connectivity index (χ2v) is 7.10. The number of ether oxygens (including phenoxy) is 3. The molecule has 0 spiro atoms. The minimum atomic E-state index is -0.623. The number of cyclic esters (lactones) is 1. The van der Waals surface area contributed by atoms with Crippen molar-refractivity contribution >= 4 is 11.9 Å². The quantitative estimate of drug-likeness (QED) is 0.741. The van der Waals surface area contributed by atoms with Crippen LogP contribution in [-0.4, -0.2) is 25.2 Å². The van der Waals surface area contributed by atoms with Crippen molar-refractivity contribution in [2.24, 2.45) is 0 Å². The van der Waals surface area contributed by atoms with E-state index in [0.29, 0.717) is 34.9 Å². The predicted octanol–water partition coefficient (Wildman–Crippen LogP) is 3.60. The zero-order chi connectivity index (χ0) is 21.1. The monoisotopic (exact) mass is 405 g/mol. The summed E-state index contributed by atoms with van der Waals surface area (Å²) in [6, 6.07) is 17.3. The number of hydrogen-bond acceptors (Lipinski definition) is 6. The summed E-state index contributed by atoms with van der Waals surface area (Å²) in [6.07, 6.45) is 0. The van der Waals surface area contributed by atoms with Gasteiger partial charge in [-0.1, -0.05) is 48.5 Å². The maximum atomic E-state index is 12.8. The first kappa shape index (κ1) is 19.8. The van der Waals surface area contributed by atoms with Gasteiger partial charge >= 0.3 is 11.9 Å². The standard InChI is InChI=1S/C24H23NO5/c1-3-28-23(26)20-15(2)25-18-14-30-24(27)22(18)21(20)17-11-7-8-12-19(17)29-13-16-9-5-4-6-10-16/h4-12,21,25H,3,13-14H2,1-2H3. The van der Waals surface area contributed by atoms with Crippen molar-refractivity contribution in [2.45, 2.75) is 26.4 Å². The second-order valence-electron chi connectivity index (χ2n) is 7.10. The van der Waals surface area contributed by atoms with Gasteiger partial charge in [-0.2, -0.15) is 0 Å². The van der Waals surface area contributed by atoms with Gasteiger partial charge in [-0.15, -0.1) is 0 Å². The Morgan fingerprint density at radius 3 is 2.63 bits per heavy atom. The molecule has 1 N–H and O–H groups in total. The third kappa shape index (κ3) is 3.68. The number of esters is 2. The number of rotatable bonds is 6. The molecule has 0 amide bonds. The van der Waals surface area contributed by atoms with Crippen LogP contribution in [0.2, 0.25) is 0 Å². The molecule has 0 saturated heterocycles. The molecule has 2 aliphatic rings. The van der Waals surface area contributed by atoms with E-state index < -0.39 is 17.9 Å². The van der Waals surface area contributed by atoms with Crippen molar-refractivity contribution in [1.29, 1.82) is 0 Å². The number of hydrogen-bond donors (Lipinski definition) is 1. The molecule has 0 bridgehead atoms. The maximum absolute atomic E-state index is 12.8. The van der Waals surface area contributed by atoms with E-state index in [1.54, 1.807) is 13.8 Å². The molecule has 2 aromatic rings. The molecule has 0 radical (unpaired) electrons. The molecule has 2 aliphatic heterocycles. The third-order valence-electron chi connectivity index (χ3n) is 5.17. The van der Waals surface area contributed by atoms with Gasteiger partial charge in [0, 0.05) is 11.3 Å². The molecule has 6 nitrogen and oxygen atoms in total. The number of dihydropyridines is 1. The molecule has 0 saturated carbocycles. The predicted molar refractivity (Wildman–Crippen MR) is 110 cm³/mol. The summed E-state index contributed by atoms with van der Waals surface area (Å²) in [7, 11) is 0. The van der Waals surface area contributed by atoms with Crippen molar-refractivity contribution < 1.29 is 23.8 Å². The van der Waals surface area contributed by atoms with Gasteiger partial charge in [0.2, 0.25) is 0 Å². The highest BCUT2D eigenvalue weighted by Gasteiger charge is 2.42. The summed E-state index contributed by atoms with van der Waals surface area (Å²) in [5, 5.41) is 3.15. The van der Waals surface area contributed by atoms with Crippen LogP contribution in [0.4, 0.5) is 0 Å². The molecule has 0 fully saturated rings. The molecule has 1 atom stereocenters. The van der Waals surface area contributed by atoms with E-state index in [1.165, 1.54) is 0 Å². The Balaban J connectivity index is 1.76. The lowest BCUT2D eigenvalue weighted by Gasteiger charge is -2.28. The fourth-order valence-electron chi connectivity index (χ4n) is 3.84. The maximum Gasteiger partial charge on any atom is 0.337 e. The molecular formula is C24H23NO5. The van der Waals surface area contributed by atoms with Gasteiger partial charge in [-0.05, 0) is 25.5 Å². The SMILES string of the molecule is CCOC(=O)C1=C(C)NC2=C(C(=O)OC2)C1c1ccccc1OCc1ccccc1. The van der Waals surface area contributed by atoms with E-state index in [4.69, 9.17) is 14.2 Å². The third-order valence-corrected chi connectivity index (χ3v) is 5.17. The second kappa shape index (κ2) is 8.45. The zero-order valence-corrected chi connectivity index (χ0v) is 16.9. The first-order valence-electron chi connectivity index (χ1n) is 9.90. The van der Waals surface area contributed by atoms with Crippen LogP contribution in [0.5, 0.6) is 5.75 Å². The molecule has 154 valence electrons. The van der Waals surface area contributed by atoms with Crippen molar-refractivity contribution in [3.8, 4) is 5.75 Å². The Labute approximate surface area is 175 Å². The largest absolute Gasteiger partial charge is 0.489 e. The van der Waals surface area contributed by atoms with E-state index in [2.05, 4.69) is 5.32 Å². The van der Waals surface area contributed by atoms with Gasteiger partial charge in [0.15, 0.2) is 0 Å². The van der Waals surface area contributed by atoms with Gasteiger partial charge in [0.1, 0.15) is 19.0 Å². The van der Waals surface area contributed by atoms with Crippen molar-refractivity contribution in [3.63, 3.8) is 0 Å². The fourth-order valence-corrected chi connectivity index (χ4v) is 3.84. The van der Waals surface area contributed by atoms with E-state index in [1.807, 2.05) is 54.6 Å². The van der Waals surface area contributed by atoms with Crippen molar-refractivity contribution in [1.82, 2.24) is 5.32 Å². The molecule has 6 heteroatoms. The lowest BCUT2D eigenvalue weighted by atomic mass is 9.80. The van der Waals surface area contributed by atoms with Crippen LogP contribution < -0.4 is 10.1 Å². The van der Waals surface area contributed by atoms with Crippen LogP contribution in [0.15, 0.2) is 77.1 Å². The average Bonchev–Trinajstić information content (AvgIpc) is 3.12. The molecule has 2 heterocycles. The van der Waals surface area contributed by atoms with Gasteiger partial charge in [0.25, 0.3) is 0 Å². The normalized spacial score (nSPS) is 17.9. The summed E-state index contributed by atoms with van der Waals surface area (Å²) < 4.78 is 16.7. The van der Waals surface area contributed by atoms with Crippen LogP contribution >= 0.6 is 0 Å². The summed E-state index contributed by atoms with van der Waals surface area (Å²) in [5.74, 6) is -0.914. The molecule has 0 aromatic heterocycles. The van der Waals surface area contributed by atoms with E-state index in [0.717, 1.165) is 11.1 Å². The summed E-state index contributed by atoms with van der Waals surface area (Å²) in [4.78, 5) is 25.4. The number of benzene rings is 2. The first-order valence-corrected chi connectivity index (χ1v) is 9.90. The van der Waals surface area contributed by atoms with Crippen LogP contribution in [0.3, 0.4) is 0 Å². The molecule has 2 aromatic carbocycles. The van der Waals surface area contributed by atoms with Gasteiger partial charge in [-0.3, -0.25) is 0 Å².